The van der Waals surface area contributed by atoms with E-state index in [1.165, 1.54) is 17.7 Å². The minimum absolute atomic E-state index is 0.195. The highest BCUT2D eigenvalue weighted by molar-refractivity contribution is 5.80. The van der Waals surface area contributed by atoms with Crippen molar-refractivity contribution in [1.82, 2.24) is 9.80 Å². The summed E-state index contributed by atoms with van der Waals surface area (Å²) in [7, 11) is 0. The van der Waals surface area contributed by atoms with Gasteiger partial charge in [0.05, 0.1) is 0 Å². The molecule has 0 radical (unpaired) electrons. The molecule has 2 aromatic carbocycles. The third-order valence-corrected chi connectivity index (χ3v) is 5.48. The van der Waals surface area contributed by atoms with Gasteiger partial charge < -0.3 is 4.42 Å². The van der Waals surface area contributed by atoms with Crippen molar-refractivity contribution in [3.05, 3.63) is 81.5 Å². The molecule has 0 unspecified atom stereocenters. The number of hydrogen-bond donors (Lipinski definition) is 0. The van der Waals surface area contributed by atoms with Gasteiger partial charge in [0.1, 0.15) is 11.4 Å². The zero-order valence-corrected chi connectivity index (χ0v) is 16.2. The first kappa shape index (κ1) is 18.8. The predicted octanol–water partition coefficient (Wildman–Crippen LogP) is 3.81. The molecule has 5 heteroatoms. The second-order valence-electron chi connectivity index (χ2n) is 7.45. The molecule has 0 amide bonds. The maximum atomic E-state index is 13.1. The fourth-order valence-corrected chi connectivity index (χ4v) is 3.82. The van der Waals surface area contributed by atoms with Crippen molar-refractivity contribution >= 4 is 11.0 Å². The molecule has 1 aliphatic rings. The fraction of sp³-hybridized carbons (Fsp3) is 0.348. The molecule has 1 aromatic heterocycles. The second kappa shape index (κ2) is 8.25. The van der Waals surface area contributed by atoms with Crippen LogP contribution in [0.1, 0.15) is 23.6 Å². The van der Waals surface area contributed by atoms with Gasteiger partial charge in [-0.25, -0.2) is 9.18 Å². The molecule has 3 aromatic rings. The Morgan fingerprint density at radius 2 is 1.54 bits per heavy atom. The minimum Gasteiger partial charge on any atom is -0.423 e. The molecule has 4 rings (SSSR count). The van der Waals surface area contributed by atoms with Gasteiger partial charge >= 0.3 is 5.63 Å². The number of piperazine rings is 1. The van der Waals surface area contributed by atoms with Crippen LogP contribution >= 0.6 is 0 Å². The Hall–Kier alpha value is -2.50. The van der Waals surface area contributed by atoms with Gasteiger partial charge in [0.15, 0.2) is 0 Å². The first-order valence-electron chi connectivity index (χ1n) is 9.85. The van der Waals surface area contributed by atoms with E-state index in [-0.39, 0.29) is 11.4 Å². The maximum Gasteiger partial charge on any atom is 0.336 e. The summed E-state index contributed by atoms with van der Waals surface area (Å²) < 4.78 is 18.4. The van der Waals surface area contributed by atoms with E-state index in [9.17, 15) is 9.18 Å². The summed E-state index contributed by atoms with van der Waals surface area (Å²) in [6.45, 7) is 7.51. The van der Waals surface area contributed by atoms with Gasteiger partial charge in [0.2, 0.25) is 0 Å². The molecule has 1 fully saturated rings. The van der Waals surface area contributed by atoms with Crippen LogP contribution in [-0.2, 0) is 19.5 Å². The van der Waals surface area contributed by atoms with E-state index in [0.717, 1.165) is 62.2 Å². The summed E-state index contributed by atoms with van der Waals surface area (Å²) >= 11 is 0. The number of rotatable bonds is 5. The average Bonchev–Trinajstić information content (AvgIpc) is 2.71. The van der Waals surface area contributed by atoms with Crippen molar-refractivity contribution < 1.29 is 8.81 Å². The van der Waals surface area contributed by atoms with E-state index in [2.05, 4.69) is 22.8 Å². The second-order valence-corrected chi connectivity index (χ2v) is 7.45. The third-order valence-electron chi connectivity index (χ3n) is 5.48. The monoisotopic (exact) mass is 380 g/mol. The van der Waals surface area contributed by atoms with Crippen molar-refractivity contribution in [2.45, 2.75) is 26.4 Å². The molecule has 0 spiro atoms. The van der Waals surface area contributed by atoms with Crippen LogP contribution in [0.2, 0.25) is 0 Å². The molecule has 0 atom stereocenters. The van der Waals surface area contributed by atoms with Gasteiger partial charge in [-0.15, -0.1) is 0 Å². The van der Waals surface area contributed by atoms with Crippen LogP contribution in [0.3, 0.4) is 0 Å². The Kier molecular flexibility index (Phi) is 5.55. The van der Waals surface area contributed by atoms with Gasteiger partial charge in [-0.1, -0.05) is 25.1 Å². The van der Waals surface area contributed by atoms with Crippen LogP contribution in [-0.4, -0.2) is 36.0 Å². The van der Waals surface area contributed by atoms with Crippen molar-refractivity contribution in [1.29, 1.82) is 0 Å². The van der Waals surface area contributed by atoms with Gasteiger partial charge in [-0.05, 0) is 47.4 Å². The standard InChI is InChI=1S/C23H25FN2O2/c1-2-17-5-8-22-21(13-17)19(14-23(27)28-22)16-26-11-9-25(10-12-26)15-18-3-6-20(24)7-4-18/h3-8,13-14H,2,9-12,15-16H2,1H3. The topological polar surface area (TPSA) is 36.7 Å². The first-order chi connectivity index (χ1) is 13.6. The largest absolute Gasteiger partial charge is 0.423 e. The van der Waals surface area contributed by atoms with E-state index in [0.29, 0.717) is 5.58 Å². The van der Waals surface area contributed by atoms with Crippen LogP contribution in [0.5, 0.6) is 0 Å². The lowest BCUT2D eigenvalue weighted by Gasteiger charge is -2.34. The van der Waals surface area contributed by atoms with E-state index in [1.807, 2.05) is 24.3 Å². The lowest BCUT2D eigenvalue weighted by molar-refractivity contribution is 0.122. The van der Waals surface area contributed by atoms with E-state index >= 15 is 0 Å². The van der Waals surface area contributed by atoms with Crippen LogP contribution in [0, 0.1) is 5.82 Å². The Morgan fingerprint density at radius 1 is 0.893 bits per heavy atom. The molecular weight excluding hydrogens is 355 g/mol. The molecule has 0 saturated carbocycles. The zero-order valence-electron chi connectivity index (χ0n) is 16.2. The zero-order chi connectivity index (χ0) is 19.5. The molecule has 0 bridgehead atoms. The number of benzene rings is 2. The Balaban J connectivity index is 1.43. The first-order valence-corrected chi connectivity index (χ1v) is 9.85. The number of halogens is 1. The number of hydrogen-bond acceptors (Lipinski definition) is 4. The summed E-state index contributed by atoms with van der Waals surface area (Å²) in [5, 5.41) is 1.03. The quantitative estimate of drug-likeness (QED) is 0.631. The molecule has 146 valence electrons. The van der Waals surface area contributed by atoms with Gasteiger partial charge in [0.25, 0.3) is 0 Å². The van der Waals surface area contributed by atoms with E-state index < -0.39 is 0 Å². The lowest BCUT2D eigenvalue weighted by Crippen LogP contribution is -2.45. The van der Waals surface area contributed by atoms with Crippen molar-refractivity contribution in [3.63, 3.8) is 0 Å². The summed E-state index contributed by atoms with van der Waals surface area (Å²) in [6.07, 6.45) is 0.955. The molecule has 1 aliphatic heterocycles. The van der Waals surface area contributed by atoms with Crippen LogP contribution in [0.15, 0.2) is 57.7 Å². The summed E-state index contributed by atoms with van der Waals surface area (Å²) in [6, 6.07) is 14.4. The van der Waals surface area contributed by atoms with Crippen molar-refractivity contribution in [2.75, 3.05) is 26.2 Å². The van der Waals surface area contributed by atoms with E-state index in [4.69, 9.17) is 4.42 Å². The predicted molar refractivity (Wildman–Crippen MR) is 109 cm³/mol. The molecule has 0 N–H and O–H groups in total. The summed E-state index contributed by atoms with van der Waals surface area (Å²) in [4.78, 5) is 16.7. The highest BCUT2D eigenvalue weighted by atomic mass is 19.1. The summed E-state index contributed by atoms with van der Waals surface area (Å²) in [5.41, 5.74) is 3.78. The van der Waals surface area contributed by atoms with Gasteiger partial charge in [-0.2, -0.15) is 0 Å². The maximum absolute atomic E-state index is 13.1. The normalized spacial score (nSPS) is 15.9. The number of nitrogens with zero attached hydrogens (tertiary/aromatic N) is 2. The van der Waals surface area contributed by atoms with Gasteiger partial charge in [0, 0.05) is 50.7 Å². The van der Waals surface area contributed by atoms with Crippen LogP contribution in [0.25, 0.3) is 11.0 Å². The SMILES string of the molecule is CCc1ccc2oc(=O)cc(CN3CCN(Cc4ccc(F)cc4)CC3)c2c1. The molecule has 2 heterocycles. The highest BCUT2D eigenvalue weighted by Gasteiger charge is 2.18. The third kappa shape index (κ3) is 4.32. The molecule has 28 heavy (non-hydrogen) atoms. The van der Waals surface area contributed by atoms with Crippen molar-refractivity contribution in [2.24, 2.45) is 0 Å². The molecule has 4 nitrogen and oxygen atoms in total. The smallest absolute Gasteiger partial charge is 0.336 e. The molecular formula is C23H25FN2O2. The number of fused-ring (bicyclic) bond motifs is 1. The Labute approximate surface area is 164 Å². The van der Waals surface area contributed by atoms with Crippen LogP contribution in [0.4, 0.5) is 4.39 Å². The highest BCUT2D eigenvalue weighted by Crippen LogP contribution is 2.21. The number of aryl methyl sites for hydroxylation is 1. The van der Waals surface area contributed by atoms with E-state index in [1.54, 1.807) is 6.07 Å². The Morgan fingerprint density at radius 3 is 2.21 bits per heavy atom. The molecule has 1 saturated heterocycles. The lowest BCUT2D eigenvalue weighted by atomic mass is 10.0. The molecule has 0 aliphatic carbocycles. The minimum atomic E-state index is -0.290. The Bertz CT molecular complexity index is 1010. The fourth-order valence-electron chi connectivity index (χ4n) is 3.82. The average molecular weight is 380 g/mol. The summed E-state index contributed by atoms with van der Waals surface area (Å²) in [5.74, 6) is -0.195. The van der Waals surface area contributed by atoms with Crippen molar-refractivity contribution in [3.8, 4) is 0 Å². The van der Waals surface area contributed by atoms with Crippen LogP contribution < -0.4 is 5.63 Å². The van der Waals surface area contributed by atoms with Gasteiger partial charge in [-0.3, -0.25) is 9.80 Å².